The van der Waals surface area contributed by atoms with Crippen molar-refractivity contribution in [3.8, 4) is 5.75 Å². The Balaban J connectivity index is 1.34. The standard InChI is InChI=1S/C28H26F3N4O3/c1-26(10-11-26)35(20-5-7-21(8-6-20)38-28(29,30)31)17-34-22-15-18(4-9-23(22)35)24(36)25-27(37,12-14-33-25)19-3-2-13-32-16-19/h2-9,13,15-17,25,33,37H,10-12,14H2,1H3/q+1. The van der Waals surface area contributed by atoms with Crippen LogP contribution in [-0.2, 0) is 5.60 Å². The van der Waals surface area contributed by atoms with Crippen LogP contribution >= 0.6 is 0 Å². The maximum atomic E-state index is 13.6. The zero-order valence-electron chi connectivity index (χ0n) is 20.6. The Morgan fingerprint density at radius 3 is 2.55 bits per heavy atom. The molecule has 38 heavy (non-hydrogen) atoms. The summed E-state index contributed by atoms with van der Waals surface area (Å²) >= 11 is 0. The van der Waals surface area contributed by atoms with E-state index in [9.17, 15) is 23.1 Å². The van der Waals surface area contributed by atoms with Gasteiger partial charge in [-0.15, -0.1) is 13.2 Å². The van der Waals surface area contributed by atoms with E-state index in [1.54, 1.807) is 55.1 Å². The SMILES string of the molecule is CC1([N+]2(c3ccc(OC(F)(F)F)cc3)C=Nc3cc(C(=O)C4NCCC4(O)c4cccnc4)ccc32)CC1. The maximum Gasteiger partial charge on any atom is 0.573 e. The first kappa shape index (κ1) is 24.7. The van der Waals surface area contributed by atoms with Gasteiger partial charge in [0.15, 0.2) is 11.5 Å². The number of ether oxygens (including phenoxy) is 1. The number of quaternary nitrogens is 1. The molecule has 2 aromatic carbocycles. The second-order valence-corrected chi connectivity index (χ2v) is 10.4. The first-order valence-electron chi connectivity index (χ1n) is 12.4. The number of carbonyl (C=O) groups is 1. The molecule has 1 aliphatic carbocycles. The summed E-state index contributed by atoms with van der Waals surface area (Å²) in [5.41, 5.74) is 1.60. The highest BCUT2D eigenvalue weighted by atomic mass is 19.4. The Morgan fingerprint density at radius 2 is 1.89 bits per heavy atom. The molecule has 0 bridgehead atoms. The van der Waals surface area contributed by atoms with Gasteiger partial charge < -0.3 is 15.2 Å². The lowest BCUT2D eigenvalue weighted by atomic mass is 9.83. The molecule has 1 saturated carbocycles. The van der Waals surface area contributed by atoms with E-state index in [-0.39, 0.29) is 21.6 Å². The van der Waals surface area contributed by atoms with Crippen molar-refractivity contribution in [2.24, 2.45) is 4.99 Å². The second kappa shape index (κ2) is 8.45. The van der Waals surface area contributed by atoms with Gasteiger partial charge in [-0.2, -0.15) is 4.99 Å². The Bertz CT molecular complexity index is 1420. The third kappa shape index (κ3) is 3.82. The number of hydrogen-bond acceptors (Lipinski definition) is 6. The predicted octanol–water partition coefficient (Wildman–Crippen LogP) is 5.28. The van der Waals surface area contributed by atoms with E-state index in [4.69, 9.17) is 0 Å². The lowest BCUT2D eigenvalue weighted by molar-refractivity contribution is -0.274. The molecule has 0 spiro atoms. The summed E-state index contributed by atoms with van der Waals surface area (Å²) in [7, 11) is 0. The number of aromatic nitrogens is 1. The molecular formula is C28H26F3N4O3+. The van der Waals surface area contributed by atoms with Crippen molar-refractivity contribution in [2.45, 2.75) is 49.7 Å². The van der Waals surface area contributed by atoms with E-state index in [1.165, 1.54) is 12.1 Å². The molecule has 6 rings (SSSR count). The molecule has 2 N–H and O–H groups in total. The number of hydrogen-bond donors (Lipinski definition) is 2. The van der Waals surface area contributed by atoms with Crippen molar-refractivity contribution in [1.82, 2.24) is 14.8 Å². The summed E-state index contributed by atoms with van der Waals surface area (Å²) in [6.07, 6.45) is 2.42. The minimum Gasteiger partial charge on any atom is -0.406 e. The van der Waals surface area contributed by atoms with Crippen molar-refractivity contribution < 1.29 is 27.8 Å². The Labute approximate surface area is 217 Å². The number of alkyl halides is 3. The first-order chi connectivity index (χ1) is 18.1. The van der Waals surface area contributed by atoms with Gasteiger partial charge in [-0.05, 0) is 50.2 Å². The average molecular weight is 524 g/mol. The fraction of sp³-hybridized carbons (Fsp3) is 0.321. The molecule has 2 fully saturated rings. The number of fused-ring (bicyclic) bond motifs is 1. The predicted molar refractivity (Wildman–Crippen MR) is 136 cm³/mol. The Morgan fingerprint density at radius 1 is 1.13 bits per heavy atom. The van der Waals surface area contributed by atoms with Gasteiger partial charge >= 0.3 is 6.36 Å². The van der Waals surface area contributed by atoms with E-state index < -0.39 is 18.0 Å². The molecular weight excluding hydrogens is 497 g/mol. The zero-order chi connectivity index (χ0) is 26.8. The van der Waals surface area contributed by atoms with Crippen LogP contribution in [0.1, 0.15) is 42.1 Å². The lowest BCUT2D eigenvalue weighted by Gasteiger charge is -2.37. The van der Waals surface area contributed by atoms with Gasteiger partial charge in [0.1, 0.15) is 34.3 Å². The maximum absolute atomic E-state index is 13.6. The molecule has 3 unspecified atom stereocenters. The molecule has 3 atom stereocenters. The topological polar surface area (TPSA) is 83.8 Å². The summed E-state index contributed by atoms with van der Waals surface area (Å²) in [6.45, 7) is 2.60. The fourth-order valence-corrected chi connectivity index (χ4v) is 5.78. The number of nitrogens with zero attached hydrogens (tertiary/aromatic N) is 3. The second-order valence-electron chi connectivity index (χ2n) is 10.4. The van der Waals surface area contributed by atoms with E-state index in [1.807, 2.05) is 6.07 Å². The number of halogens is 3. The Hall–Kier alpha value is -3.60. The number of benzene rings is 2. The van der Waals surface area contributed by atoms with Crippen LogP contribution in [-0.4, -0.2) is 46.7 Å². The fourth-order valence-electron chi connectivity index (χ4n) is 5.78. The van der Waals surface area contributed by atoms with Gasteiger partial charge in [-0.25, -0.2) is 4.48 Å². The molecule has 7 nitrogen and oxygen atoms in total. The van der Waals surface area contributed by atoms with Crippen LogP contribution in [0.25, 0.3) is 0 Å². The number of aliphatic imine (C=N–C) groups is 1. The van der Waals surface area contributed by atoms with Crippen molar-refractivity contribution in [3.05, 3.63) is 78.1 Å². The molecule has 10 heteroatoms. The van der Waals surface area contributed by atoms with E-state index >= 15 is 0 Å². The number of rotatable bonds is 6. The molecule has 196 valence electrons. The number of pyridine rings is 1. The number of aliphatic hydroxyl groups is 1. The van der Waals surface area contributed by atoms with Crippen molar-refractivity contribution in [1.29, 1.82) is 0 Å². The van der Waals surface area contributed by atoms with Crippen molar-refractivity contribution in [2.75, 3.05) is 6.54 Å². The number of Topliss-reactive ketones (excluding diaryl/α,β-unsaturated/α-hetero) is 1. The largest absolute Gasteiger partial charge is 0.573 e. The van der Waals surface area contributed by atoms with Crippen LogP contribution in [0, 0.1) is 0 Å². The summed E-state index contributed by atoms with van der Waals surface area (Å²) in [5, 5.41) is 14.6. The summed E-state index contributed by atoms with van der Waals surface area (Å²) in [6, 6.07) is 13.9. The van der Waals surface area contributed by atoms with E-state index in [0.29, 0.717) is 29.8 Å². The van der Waals surface area contributed by atoms with Gasteiger partial charge in [0.05, 0.1) is 0 Å². The van der Waals surface area contributed by atoms with E-state index in [2.05, 4.69) is 27.0 Å². The number of ketones is 1. The molecule has 1 aromatic heterocycles. The van der Waals surface area contributed by atoms with Crippen LogP contribution in [0.3, 0.4) is 0 Å². The van der Waals surface area contributed by atoms with Crippen LogP contribution < -0.4 is 14.5 Å². The molecule has 3 aromatic rings. The molecule has 0 radical (unpaired) electrons. The molecule has 3 heterocycles. The van der Waals surface area contributed by atoms with E-state index in [0.717, 1.165) is 24.2 Å². The third-order valence-electron chi connectivity index (χ3n) is 8.07. The average Bonchev–Trinajstić information content (AvgIpc) is 3.35. The number of carbonyl (C=O) groups excluding carboxylic acids is 1. The van der Waals surface area contributed by atoms with Gasteiger partial charge in [0.25, 0.3) is 0 Å². The summed E-state index contributed by atoms with van der Waals surface area (Å²) in [5.74, 6) is -0.536. The highest BCUT2D eigenvalue weighted by Crippen LogP contribution is 2.58. The summed E-state index contributed by atoms with van der Waals surface area (Å²) in [4.78, 5) is 22.4. The van der Waals surface area contributed by atoms with Crippen LogP contribution in [0.2, 0.25) is 0 Å². The zero-order valence-corrected chi connectivity index (χ0v) is 20.6. The first-order valence-corrected chi connectivity index (χ1v) is 12.4. The molecule has 3 aliphatic rings. The van der Waals surface area contributed by atoms with Crippen LogP contribution in [0.5, 0.6) is 5.75 Å². The van der Waals surface area contributed by atoms with Crippen LogP contribution in [0.15, 0.2) is 72.0 Å². The molecule has 2 aliphatic heterocycles. The van der Waals surface area contributed by atoms with Crippen molar-refractivity contribution in [3.63, 3.8) is 0 Å². The summed E-state index contributed by atoms with van der Waals surface area (Å²) < 4.78 is 42.3. The van der Waals surface area contributed by atoms with Crippen LogP contribution in [0.4, 0.5) is 30.2 Å². The smallest absolute Gasteiger partial charge is 0.406 e. The molecule has 1 saturated heterocycles. The highest BCUT2D eigenvalue weighted by molar-refractivity contribution is 6.05. The van der Waals surface area contributed by atoms with Crippen molar-refractivity contribution >= 4 is 29.2 Å². The third-order valence-corrected chi connectivity index (χ3v) is 8.07. The minimum absolute atomic E-state index is 0.222. The van der Waals surface area contributed by atoms with Gasteiger partial charge in [-0.3, -0.25) is 9.78 Å². The van der Waals surface area contributed by atoms with Gasteiger partial charge in [0.2, 0.25) is 6.34 Å². The normalized spacial score (nSPS) is 27.2. The minimum atomic E-state index is -4.77. The quantitative estimate of drug-likeness (QED) is 0.340. The monoisotopic (exact) mass is 523 g/mol. The highest BCUT2D eigenvalue weighted by Gasteiger charge is 2.61. The number of nitrogens with one attached hydrogen (secondary N) is 1. The Kier molecular flexibility index (Phi) is 5.50. The van der Waals surface area contributed by atoms with Gasteiger partial charge in [-0.1, -0.05) is 6.07 Å². The lowest BCUT2D eigenvalue weighted by Crippen LogP contribution is -2.50. The van der Waals surface area contributed by atoms with Gasteiger partial charge in [0, 0.05) is 54.6 Å². The molecule has 0 amide bonds.